The third kappa shape index (κ3) is 7.62. The summed E-state index contributed by atoms with van der Waals surface area (Å²) >= 11 is 0. The molecule has 4 heterocycles. The summed E-state index contributed by atoms with van der Waals surface area (Å²) in [6.45, 7) is 25.5. The highest BCUT2D eigenvalue weighted by Gasteiger charge is 2.51. The molecule has 4 fully saturated rings. The van der Waals surface area contributed by atoms with Gasteiger partial charge in [0.25, 0.3) is 0 Å². The Bertz CT molecular complexity index is 898. The number of ether oxygens (including phenoxy) is 7. The van der Waals surface area contributed by atoms with E-state index in [2.05, 4.69) is 62.3 Å². The molecule has 0 amide bonds. The van der Waals surface area contributed by atoms with Crippen LogP contribution in [0.5, 0.6) is 0 Å². The van der Waals surface area contributed by atoms with Crippen LogP contribution in [0.25, 0.3) is 0 Å². The van der Waals surface area contributed by atoms with Crippen molar-refractivity contribution in [2.24, 2.45) is 41.4 Å². The van der Waals surface area contributed by atoms with E-state index in [4.69, 9.17) is 33.2 Å². The normalized spacial score (nSPS) is 52.9. The quantitative estimate of drug-likeness (QED) is 0.301. The van der Waals surface area contributed by atoms with E-state index in [1.54, 1.807) is 0 Å². The predicted octanol–water partition coefficient (Wildman–Crippen LogP) is 5.92. The Balaban J connectivity index is 1.43. The van der Waals surface area contributed by atoms with Crippen molar-refractivity contribution in [3.05, 3.63) is 0 Å². The smallest absolute Gasteiger partial charge is 0.184 e. The summed E-state index contributed by atoms with van der Waals surface area (Å²) in [6, 6.07) is 0. The molecule has 4 saturated heterocycles. The minimum Gasteiger partial charge on any atom is -0.390 e. The van der Waals surface area contributed by atoms with E-state index in [-0.39, 0.29) is 84.7 Å². The first-order valence-electron chi connectivity index (χ1n) is 18.2. The standard InChI is InChI=1S/C36H66O9/c1-13-25-18(6)17(5)20(8)34(40-25)44-33-23(11)30(38)36(42-28(33)16-4)45-31-19(7)21(9)35(41-27(31)15-3)43-32-22(10)29(37)24(12)39-26(32)14-2/h17-38H,13-16H2,1-12H3/t17?,18-,19+,20?,21?,22+,23?,24-,25?,26?,27?,28?,29?,30?,31+,32+,33-,34+,35-,36+/m0/s1. The molecule has 0 saturated carbocycles. The third-order valence-corrected chi connectivity index (χ3v) is 12.2. The molecule has 4 aliphatic heterocycles. The van der Waals surface area contributed by atoms with Crippen LogP contribution in [-0.4, -0.2) is 90.1 Å². The lowest BCUT2D eigenvalue weighted by Gasteiger charge is -2.51. The highest BCUT2D eigenvalue weighted by Crippen LogP contribution is 2.42. The molecule has 0 aromatic heterocycles. The Morgan fingerprint density at radius 1 is 0.400 bits per heavy atom. The van der Waals surface area contributed by atoms with Crippen molar-refractivity contribution in [1.82, 2.24) is 0 Å². The first kappa shape index (κ1) is 37.5. The molecule has 0 spiro atoms. The van der Waals surface area contributed by atoms with Crippen molar-refractivity contribution in [1.29, 1.82) is 0 Å². The molecule has 10 unspecified atom stereocenters. The maximum atomic E-state index is 11.6. The summed E-state index contributed by atoms with van der Waals surface area (Å²) in [4.78, 5) is 0. The van der Waals surface area contributed by atoms with Crippen molar-refractivity contribution < 1.29 is 43.4 Å². The fraction of sp³-hybridized carbons (Fsp3) is 1.00. The van der Waals surface area contributed by atoms with E-state index in [0.29, 0.717) is 11.8 Å². The SMILES string of the molecule is CCC1O[C@H](O[C@@H]2C(CC)O[C@H](O[C@H]3C(CC)O[C@@H](O[C@H]4C(CC)O[C@@H](C)C(O)[C@H]4C)C(C)[C@H]3C)C(O)C2C)C(C)C(C)[C@@H]1C. The number of hydrogen-bond donors (Lipinski definition) is 2. The van der Waals surface area contributed by atoms with Gasteiger partial charge in [-0.1, -0.05) is 76.2 Å². The van der Waals surface area contributed by atoms with Crippen LogP contribution in [0, 0.1) is 41.4 Å². The van der Waals surface area contributed by atoms with Crippen molar-refractivity contribution in [2.45, 2.75) is 189 Å². The molecular weight excluding hydrogens is 576 g/mol. The fourth-order valence-electron chi connectivity index (χ4n) is 8.23. The molecule has 264 valence electrons. The maximum Gasteiger partial charge on any atom is 0.184 e. The zero-order valence-electron chi connectivity index (χ0n) is 30.1. The van der Waals surface area contributed by atoms with Crippen LogP contribution >= 0.6 is 0 Å². The van der Waals surface area contributed by atoms with E-state index in [9.17, 15) is 10.2 Å². The zero-order valence-corrected chi connectivity index (χ0v) is 30.1. The van der Waals surface area contributed by atoms with Gasteiger partial charge in [-0.15, -0.1) is 0 Å². The molecule has 0 radical (unpaired) electrons. The summed E-state index contributed by atoms with van der Waals surface area (Å²) < 4.78 is 45.7. The van der Waals surface area contributed by atoms with E-state index in [1.165, 1.54) is 0 Å². The van der Waals surface area contributed by atoms with Gasteiger partial charge in [0.15, 0.2) is 18.9 Å². The number of hydrogen-bond acceptors (Lipinski definition) is 9. The summed E-state index contributed by atoms with van der Waals surface area (Å²) in [6.07, 6.45) is -1.34. The second kappa shape index (κ2) is 15.9. The highest BCUT2D eigenvalue weighted by molar-refractivity contribution is 4.94. The number of aliphatic hydroxyl groups excluding tert-OH is 2. The molecule has 0 aliphatic carbocycles. The molecule has 0 aromatic carbocycles. The lowest BCUT2D eigenvalue weighted by Crippen LogP contribution is -2.60. The summed E-state index contributed by atoms with van der Waals surface area (Å²) in [5.41, 5.74) is 0. The molecule has 0 bridgehead atoms. The Kier molecular flexibility index (Phi) is 13.2. The Morgan fingerprint density at radius 2 is 0.778 bits per heavy atom. The molecule has 4 aliphatic rings. The Hall–Kier alpha value is -0.360. The van der Waals surface area contributed by atoms with Gasteiger partial charge >= 0.3 is 0 Å². The van der Waals surface area contributed by atoms with Gasteiger partial charge in [-0.3, -0.25) is 0 Å². The highest BCUT2D eigenvalue weighted by atomic mass is 16.7. The second-order valence-corrected chi connectivity index (χ2v) is 14.9. The van der Waals surface area contributed by atoms with Gasteiger partial charge in [0.2, 0.25) is 0 Å². The van der Waals surface area contributed by atoms with Crippen LogP contribution in [0.2, 0.25) is 0 Å². The average molecular weight is 643 g/mol. The van der Waals surface area contributed by atoms with Gasteiger partial charge in [-0.2, -0.15) is 0 Å². The van der Waals surface area contributed by atoms with Crippen molar-refractivity contribution in [3.8, 4) is 0 Å². The van der Waals surface area contributed by atoms with Crippen molar-refractivity contribution >= 4 is 0 Å². The van der Waals surface area contributed by atoms with E-state index in [0.717, 1.165) is 25.7 Å². The lowest BCUT2D eigenvalue weighted by atomic mass is 9.78. The summed E-state index contributed by atoms with van der Waals surface area (Å²) in [5.74, 6) is 0.979. The van der Waals surface area contributed by atoms with Gasteiger partial charge in [-0.05, 0) is 50.4 Å². The van der Waals surface area contributed by atoms with E-state index in [1.807, 2.05) is 20.8 Å². The summed E-state index contributed by atoms with van der Waals surface area (Å²) in [7, 11) is 0. The minimum atomic E-state index is -0.863. The van der Waals surface area contributed by atoms with Gasteiger partial charge in [-0.25, -0.2) is 0 Å². The Labute approximate surface area is 273 Å². The monoisotopic (exact) mass is 642 g/mol. The van der Waals surface area contributed by atoms with Crippen LogP contribution in [0.1, 0.15) is 109 Å². The Morgan fingerprint density at radius 3 is 1.29 bits per heavy atom. The van der Waals surface area contributed by atoms with Crippen LogP contribution in [0.4, 0.5) is 0 Å². The summed E-state index contributed by atoms with van der Waals surface area (Å²) in [5, 5.41) is 22.3. The third-order valence-electron chi connectivity index (χ3n) is 12.2. The topological polar surface area (TPSA) is 105 Å². The predicted molar refractivity (Wildman–Crippen MR) is 172 cm³/mol. The molecule has 4 rings (SSSR count). The molecule has 0 aromatic rings. The molecule has 9 heteroatoms. The fourth-order valence-corrected chi connectivity index (χ4v) is 8.23. The largest absolute Gasteiger partial charge is 0.390 e. The van der Waals surface area contributed by atoms with E-state index < -0.39 is 24.8 Å². The zero-order chi connectivity index (χ0) is 33.3. The van der Waals surface area contributed by atoms with Crippen molar-refractivity contribution in [2.75, 3.05) is 0 Å². The molecule has 9 nitrogen and oxygen atoms in total. The number of rotatable bonds is 10. The number of aliphatic hydroxyl groups is 2. The first-order valence-corrected chi connectivity index (χ1v) is 18.2. The molecule has 2 N–H and O–H groups in total. The van der Waals surface area contributed by atoms with Gasteiger partial charge < -0.3 is 43.4 Å². The van der Waals surface area contributed by atoms with Crippen LogP contribution in [-0.2, 0) is 33.2 Å². The van der Waals surface area contributed by atoms with Crippen LogP contribution in [0.3, 0.4) is 0 Å². The first-order chi connectivity index (χ1) is 21.3. The van der Waals surface area contributed by atoms with Crippen LogP contribution in [0.15, 0.2) is 0 Å². The molecule has 20 atom stereocenters. The minimum absolute atomic E-state index is 0.0102. The second-order valence-electron chi connectivity index (χ2n) is 14.9. The molecular formula is C36H66O9. The van der Waals surface area contributed by atoms with Gasteiger partial charge in [0.1, 0.15) is 6.10 Å². The van der Waals surface area contributed by atoms with Crippen LogP contribution < -0.4 is 0 Å². The molecule has 45 heavy (non-hydrogen) atoms. The lowest BCUT2D eigenvalue weighted by molar-refractivity contribution is -0.362. The maximum absolute atomic E-state index is 11.6. The van der Waals surface area contributed by atoms with Gasteiger partial charge in [0, 0.05) is 23.7 Å². The van der Waals surface area contributed by atoms with E-state index >= 15 is 0 Å². The average Bonchev–Trinajstić information content (AvgIpc) is 3.03. The van der Waals surface area contributed by atoms with Crippen molar-refractivity contribution in [3.63, 3.8) is 0 Å². The van der Waals surface area contributed by atoms with Gasteiger partial charge in [0.05, 0.1) is 54.9 Å².